The number of amides is 2. The highest BCUT2D eigenvalue weighted by molar-refractivity contribution is 5.99. The highest BCUT2D eigenvalue weighted by Crippen LogP contribution is 2.25. The molecule has 1 aliphatic heterocycles. The van der Waals surface area contributed by atoms with Crippen molar-refractivity contribution < 1.29 is 14.3 Å². The van der Waals surface area contributed by atoms with Crippen molar-refractivity contribution in [1.29, 1.82) is 0 Å². The molecule has 0 radical (unpaired) electrons. The predicted octanol–water partition coefficient (Wildman–Crippen LogP) is 1.22. The number of rotatable bonds is 3. The number of nitrogens with one attached hydrogen (secondary N) is 2. The van der Waals surface area contributed by atoms with Crippen LogP contribution >= 0.6 is 0 Å². The summed E-state index contributed by atoms with van der Waals surface area (Å²) >= 11 is 0. The summed E-state index contributed by atoms with van der Waals surface area (Å²) in [5.74, 6) is 0.328. The second kappa shape index (κ2) is 5.08. The molecule has 18 heavy (non-hydrogen) atoms. The van der Waals surface area contributed by atoms with Crippen molar-refractivity contribution >= 4 is 17.5 Å². The van der Waals surface area contributed by atoms with Gasteiger partial charge in [-0.05, 0) is 31.0 Å². The molecule has 1 heterocycles. The summed E-state index contributed by atoms with van der Waals surface area (Å²) in [6, 6.07) is 5.11. The average molecular weight is 248 g/mol. The maximum absolute atomic E-state index is 12.0. The summed E-state index contributed by atoms with van der Waals surface area (Å²) in [7, 11) is 1.55. The van der Waals surface area contributed by atoms with Crippen molar-refractivity contribution in [2.75, 3.05) is 12.4 Å². The summed E-state index contributed by atoms with van der Waals surface area (Å²) in [6.07, 6.45) is 0.946. The van der Waals surface area contributed by atoms with Crippen molar-refractivity contribution in [3.05, 3.63) is 23.8 Å². The van der Waals surface area contributed by atoms with Crippen LogP contribution in [0.3, 0.4) is 0 Å². The first kappa shape index (κ1) is 12.4. The van der Waals surface area contributed by atoms with Gasteiger partial charge in [-0.3, -0.25) is 9.59 Å². The van der Waals surface area contributed by atoms with Crippen LogP contribution in [-0.2, 0) is 9.59 Å². The molecule has 5 nitrogen and oxygen atoms in total. The number of ether oxygens (including phenoxy) is 1. The molecule has 5 heteroatoms. The van der Waals surface area contributed by atoms with Crippen molar-refractivity contribution in [3.63, 3.8) is 0 Å². The summed E-state index contributed by atoms with van der Waals surface area (Å²) in [5.41, 5.74) is 1.66. The first-order valence-electron chi connectivity index (χ1n) is 5.85. The van der Waals surface area contributed by atoms with E-state index in [2.05, 4.69) is 10.6 Å². The monoisotopic (exact) mass is 248 g/mol. The molecule has 1 atom stereocenters. The molecular formula is C13H16N2O3. The molecule has 1 fully saturated rings. The summed E-state index contributed by atoms with van der Waals surface area (Å²) in [5, 5.41) is 5.42. The van der Waals surface area contributed by atoms with Crippen molar-refractivity contribution in [1.82, 2.24) is 5.32 Å². The second-order valence-corrected chi connectivity index (χ2v) is 4.35. The molecule has 0 spiro atoms. The summed E-state index contributed by atoms with van der Waals surface area (Å²) in [6.45, 7) is 1.94. The van der Waals surface area contributed by atoms with Crippen molar-refractivity contribution in [3.8, 4) is 5.75 Å². The second-order valence-electron chi connectivity index (χ2n) is 4.35. The smallest absolute Gasteiger partial charge is 0.247 e. The molecule has 2 rings (SSSR count). The molecule has 0 unspecified atom stereocenters. The van der Waals surface area contributed by atoms with E-state index in [1.807, 2.05) is 19.1 Å². The average Bonchev–Trinajstić information content (AvgIpc) is 2.76. The zero-order valence-electron chi connectivity index (χ0n) is 10.4. The molecule has 1 aromatic carbocycles. The van der Waals surface area contributed by atoms with Gasteiger partial charge in [0.05, 0.1) is 12.8 Å². The molecule has 0 aromatic heterocycles. The lowest BCUT2D eigenvalue weighted by Gasteiger charge is -2.14. The molecule has 2 amide bonds. The van der Waals surface area contributed by atoms with Gasteiger partial charge in [0.25, 0.3) is 0 Å². The number of methoxy groups -OCH3 is 1. The molecule has 0 aliphatic carbocycles. The lowest BCUT2D eigenvalue weighted by molar-refractivity contribution is -0.122. The normalized spacial score (nSPS) is 18.3. The van der Waals surface area contributed by atoms with Gasteiger partial charge in [-0.1, -0.05) is 6.07 Å². The van der Waals surface area contributed by atoms with Gasteiger partial charge in [0.2, 0.25) is 11.8 Å². The van der Waals surface area contributed by atoms with Crippen LogP contribution in [0.2, 0.25) is 0 Å². The Morgan fingerprint density at radius 3 is 2.89 bits per heavy atom. The molecule has 0 saturated carbocycles. The highest BCUT2D eigenvalue weighted by Gasteiger charge is 2.27. The van der Waals surface area contributed by atoms with Crippen LogP contribution in [0, 0.1) is 6.92 Å². The van der Waals surface area contributed by atoms with E-state index in [0.717, 1.165) is 5.56 Å². The van der Waals surface area contributed by atoms with E-state index in [0.29, 0.717) is 24.3 Å². The fourth-order valence-corrected chi connectivity index (χ4v) is 1.95. The Balaban J connectivity index is 2.11. The minimum absolute atomic E-state index is 0.0774. The summed E-state index contributed by atoms with van der Waals surface area (Å²) in [4.78, 5) is 23.0. The van der Waals surface area contributed by atoms with E-state index >= 15 is 0 Å². The first-order chi connectivity index (χ1) is 8.60. The third-order valence-corrected chi connectivity index (χ3v) is 2.92. The maximum atomic E-state index is 12.0. The Hall–Kier alpha value is -2.04. The molecule has 96 valence electrons. The van der Waals surface area contributed by atoms with E-state index in [9.17, 15) is 9.59 Å². The Kier molecular flexibility index (Phi) is 3.50. The summed E-state index contributed by atoms with van der Waals surface area (Å²) < 4.78 is 5.18. The van der Waals surface area contributed by atoms with Crippen LogP contribution in [0.5, 0.6) is 5.75 Å². The van der Waals surface area contributed by atoms with Crippen molar-refractivity contribution in [2.24, 2.45) is 0 Å². The van der Waals surface area contributed by atoms with Crippen LogP contribution in [0.25, 0.3) is 0 Å². The van der Waals surface area contributed by atoms with E-state index in [-0.39, 0.29) is 11.8 Å². The highest BCUT2D eigenvalue weighted by atomic mass is 16.5. The molecular weight excluding hydrogens is 232 g/mol. The number of hydrogen-bond donors (Lipinski definition) is 2. The number of carbonyl (C=O) groups is 2. The zero-order chi connectivity index (χ0) is 13.1. The SMILES string of the molecule is COc1ccc(C)cc1NC(=O)[C@@H]1CCC(=O)N1. The van der Waals surface area contributed by atoms with Gasteiger partial charge >= 0.3 is 0 Å². The number of anilines is 1. The van der Waals surface area contributed by atoms with E-state index in [1.54, 1.807) is 13.2 Å². The third-order valence-electron chi connectivity index (χ3n) is 2.92. The van der Waals surface area contributed by atoms with E-state index in [1.165, 1.54) is 0 Å². The quantitative estimate of drug-likeness (QED) is 0.845. The molecule has 1 saturated heterocycles. The lowest BCUT2D eigenvalue weighted by Crippen LogP contribution is -2.37. The standard InChI is InChI=1S/C13H16N2O3/c1-8-3-5-11(18-2)10(7-8)15-13(17)9-4-6-12(16)14-9/h3,5,7,9H,4,6H2,1-2H3,(H,14,16)(H,15,17)/t9-/m0/s1. The van der Waals surface area contributed by atoms with Crippen LogP contribution in [0.4, 0.5) is 5.69 Å². The lowest BCUT2D eigenvalue weighted by atomic mass is 10.1. The van der Waals surface area contributed by atoms with Gasteiger partial charge in [-0.25, -0.2) is 0 Å². The zero-order valence-corrected chi connectivity index (χ0v) is 10.4. The third kappa shape index (κ3) is 2.61. The predicted molar refractivity (Wildman–Crippen MR) is 67.5 cm³/mol. The topological polar surface area (TPSA) is 67.4 Å². The van der Waals surface area contributed by atoms with Crippen LogP contribution in [0.1, 0.15) is 18.4 Å². The van der Waals surface area contributed by atoms with Gasteiger partial charge in [0, 0.05) is 6.42 Å². The van der Waals surface area contributed by atoms with Gasteiger partial charge in [0.1, 0.15) is 11.8 Å². The number of hydrogen-bond acceptors (Lipinski definition) is 3. The molecule has 2 N–H and O–H groups in total. The Labute approximate surface area is 106 Å². The number of benzene rings is 1. The maximum Gasteiger partial charge on any atom is 0.247 e. The Morgan fingerprint density at radius 2 is 2.28 bits per heavy atom. The Morgan fingerprint density at radius 1 is 1.50 bits per heavy atom. The van der Waals surface area contributed by atoms with Crippen LogP contribution < -0.4 is 15.4 Å². The molecule has 0 bridgehead atoms. The molecule has 1 aromatic rings. The van der Waals surface area contributed by atoms with Crippen LogP contribution in [0.15, 0.2) is 18.2 Å². The fraction of sp³-hybridized carbons (Fsp3) is 0.385. The van der Waals surface area contributed by atoms with Crippen LogP contribution in [-0.4, -0.2) is 25.0 Å². The van der Waals surface area contributed by atoms with Crippen molar-refractivity contribution in [2.45, 2.75) is 25.8 Å². The molecule has 1 aliphatic rings. The number of aryl methyl sites for hydroxylation is 1. The first-order valence-corrected chi connectivity index (χ1v) is 5.85. The minimum Gasteiger partial charge on any atom is -0.495 e. The number of carbonyl (C=O) groups excluding carboxylic acids is 2. The van der Waals surface area contributed by atoms with Gasteiger partial charge < -0.3 is 15.4 Å². The largest absolute Gasteiger partial charge is 0.495 e. The van der Waals surface area contributed by atoms with Gasteiger partial charge in [-0.2, -0.15) is 0 Å². The van der Waals surface area contributed by atoms with Gasteiger partial charge in [-0.15, -0.1) is 0 Å². The Bertz CT molecular complexity index is 485. The fourth-order valence-electron chi connectivity index (χ4n) is 1.95. The van der Waals surface area contributed by atoms with E-state index in [4.69, 9.17) is 4.74 Å². The minimum atomic E-state index is -0.442. The van der Waals surface area contributed by atoms with Gasteiger partial charge in [0.15, 0.2) is 0 Å². The van der Waals surface area contributed by atoms with E-state index < -0.39 is 6.04 Å².